The van der Waals surface area contributed by atoms with Crippen molar-refractivity contribution in [2.75, 3.05) is 5.73 Å². The summed E-state index contributed by atoms with van der Waals surface area (Å²) in [7, 11) is 0. The number of carbonyl (C=O) groups excluding carboxylic acids is 1. The number of rotatable bonds is 1. The number of anilines is 1. The van der Waals surface area contributed by atoms with E-state index in [4.69, 9.17) is 5.73 Å². The summed E-state index contributed by atoms with van der Waals surface area (Å²) in [6, 6.07) is 7.19. The Morgan fingerprint density at radius 2 is 2.10 bits per heavy atom. The molecule has 0 aliphatic carbocycles. The van der Waals surface area contributed by atoms with E-state index in [1.165, 1.54) is 0 Å². The molecule has 0 bridgehead atoms. The first-order valence-electron chi connectivity index (χ1n) is 2.73. The van der Waals surface area contributed by atoms with E-state index in [1.54, 1.807) is 17.4 Å². The topological polar surface area (TPSA) is 43.1 Å². The number of nitrogen functional groups attached to an aromatic ring is 1. The number of hydrogen-bond donors (Lipinski definition) is 1. The highest BCUT2D eigenvalue weighted by Crippen LogP contribution is 2.08. The van der Waals surface area contributed by atoms with E-state index in [9.17, 15) is 4.79 Å². The number of benzene rings is 1. The van der Waals surface area contributed by atoms with Crippen LogP contribution in [0.1, 0.15) is 0 Å². The molecular formula is C7H6NOS+. The van der Waals surface area contributed by atoms with Gasteiger partial charge >= 0.3 is 16.6 Å². The normalized spacial score (nSPS) is 8.40. The smallest absolute Gasteiger partial charge is 0.394 e. The van der Waals surface area contributed by atoms with Crippen LogP contribution in [0.25, 0.3) is 0 Å². The third-order valence-electron chi connectivity index (χ3n) is 1.07. The second-order valence-corrected chi connectivity index (χ2v) is 2.53. The van der Waals surface area contributed by atoms with E-state index in [2.05, 4.69) is 0 Å². The van der Waals surface area contributed by atoms with E-state index < -0.39 is 0 Å². The highest BCUT2D eigenvalue weighted by molar-refractivity contribution is 7.76. The van der Waals surface area contributed by atoms with Gasteiger partial charge in [-0.25, -0.2) is 0 Å². The van der Waals surface area contributed by atoms with Gasteiger partial charge in [0.1, 0.15) is 0 Å². The van der Waals surface area contributed by atoms with Gasteiger partial charge in [0.25, 0.3) is 4.90 Å². The molecule has 0 atom stereocenters. The van der Waals surface area contributed by atoms with Crippen molar-refractivity contribution in [3.8, 4) is 0 Å². The fourth-order valence-corrected chi connectivity index (χ4v) is 1.04. The number of nitrogens with two attached hydrogens (primary N) is 1. The maximum atomic E-state index is 9.91. The van der Waals surface area contributed by atoms with Crippen molar-refractivity contribution in [3.63, 3.8) is 0 Å². The molecule has 0 saturated carbocycles. The minimum atomic E-state index is 0.621. The summed E-state index contributed by atoms with van der Waals surface area (Å²) < 4.78 is 0. The van der Waals surface area contributed by atoms with Crippen molar-refractivity contribution in [2.45, 2.75) is 4.90 Å². The van der Waals surface area contributed by atoms with E-state index in [0.717, 1.165) is 16.2 Å². The molecule has 0 aliphatic rings. The Kier molecular flexibility index (Phi) is 2.15. The van der Waals surface area contributed by atoms with Crippen LogP contribution in [-0.4, -0.2) is 5.23 Å². The van der Waals surface area contributed by atoms with Crippen LogP contribution >= 0.6 is 0 Å². The molecule has 0 fully saturated rings. The van der Waals surface area contributed by atoms with E-state index in [-0.39, 0.29) is 0 Å². The first kappa shape index (κ1) is 6.93. The molecular weight excluding hydrogens is 146 g/mol. The van der Waals surface area contributed by atoms with Crippen LogP contribution < -0.4 is 5.73 Å². The summed E-state index contributed by atoms with van der Waals surface area (Å²) in [4.78, 5) is 10.7. The van der Waals surface area contributed by atoms with Crippen LogP contribution in [0.2, 0.25) is 0 Å². The first-order valence-corrected chi connectivity index (χ1v) is 3.54. The predicted molar refractivity (Wildman–Crippen MR) is 42.2 cm³/mol. The average molecular weight is 152 g/mol. The second-order valence-electron chi connectivity index (χ2n) is 1.72. The molecule has 10 heavy (non-hydrogen) atoms. The molecule has 0 amide bonds. The minimum absolute atomic E-state index is 0.621. The van der Waals surface area contributed by atoms with Crippen LogP contribution in [0.15, 0.2) is 29.2 Å². The summed E-state index contributed by atoms with van der Waals surface area (Å²) in [5, 5.41) is 1.71. The lowest BCUT2D eigenvalue weighted by Crippen LogP contribution is -1.87. The van der Waals surface area contributed by atoms with Gasteiger partial charge in [-0.15, -0.1) is 0 Å². The van der Waals surface area contributed by atoms with Gasteiger partial charge in [0.2, 0.25) is 0 Å². The van der Waals surface area contributed by atoms with Crippen LogP contribution in [0.5, 0.6) is 0 Å². The molecule has 0 aromatic heterocycles. The Balaban J connectivity index is 3.14. The summed E-state index contributed by atoms with van der Waals surface area (Å²) in [5.41, 5.74) is 6.13. The summed E-state index contributed by atoms with van der Waals surface area (Å²) >= 11 is 0.971. The third-order valence-corrected chi connectivity index (χ3v) is 1.75. The van der Waals surface area contributed by atoms with Crippen LogP contribution in [0, 0.1) is 0 Å². The van der Waals surface area contributed by atoms with Crippen molar-refractivity contribution < 1.29 is 4.79 Å². The lowest BCUT2D eigenvalue weighted by molar-refractivity contribution is 0.572. The highest BCUT2D eigenvalue weighted by atomic mass is 32.1. The Hall–Kier alpha value is -1.18. The fraction of sp³-hybridized carbons (Fsp3) is 0. The standard InChI is InChI=1S/C7H6NOS/c8-6-3-1-2-4-7(6)10-5-9/h1-4H,8H2/q+1. The van der Waals surface area contributed by atoms with Crippen molar-refractivity contribution in [2.24, 2.45) is 0 Å². The van der Waals surface area contributed by atoms with Crippen LogP contribution in [0.3, 0.4) is 0 Å². The average Bonchev–Trinajstić information content (AvgIpc) is 1.94. The SMILES string of the molecule is Nc1ccccc1[S+]=C=O. The van der Waals surface area contributed by atoms with Gasteiger partial charge in [0, 0.05) is 6.07 Å². The fourth-order valence-electron chi connectivity index (χ4n) is 0.618. The molecule has 0 heterocycles. The van der Waals surface area contributed by atoms with Gasteiger partial charge in [0.15, 0.2) is 0 Å². The zero-order chi connectivity index (χ0) is 7.40. The second kappa shape index (κ2) is 3.11. The monoisotopic (exact) mass is 152 g/mol. The van der Waals surface area contributed by atoms with Crippen LogP contribution in [0.4, 0.5) is 5.69 Å². The molecule has 2 nitrogen and oxygen atoms in total. The molecule has 1 aromatic carbocycles. The molecule has 0 unspecified atom stereocenters. The highest BCUT2D eigenvalue weighted by Gasteiger charge is 2.05. The molecule has 50 valence electrons. The van der Waals surface area contributed by atoms with Gasteiger partial charge < -0.3 is 5.73 Å². The zero-order valence-corrected chi connectivity index (χ0v) is 6.02. The Morgan fingerprint density at radius 3 is 2.70 bits per heavy atom. The van der Waals surface area contributed by atoms with Crippen molar-refractivity contribution in [3.05, 3.63) is 24.3 Å². The van der Waals surface area contributed by atoms with Gasteiger partial charge in [-0.05, 0) is 6.07 Å². The molecule has 0 radical (unpaired) electrons. The quantitative estimate of drug-likeness (QED) is 0.367. The van der Waals surface area contributed by atoms with Gasteiger partial charge in [-0.3, -0.25) is 0 Å². The largest absolute Gasteiger partial charge is 0.439 e. The zero-order valence-electron chi connectivity index (χ0n) is 5.20. The Labute approximate surface area is 62.6 Å². The van der Waals surface area contributed by atoms with E-state index >= 15 is 0 Å². The minimum Gasteiger partial charge on any atom is -0.394 e. The molecule has 2 N–H and O–H groups in total. The van der Waals surface area contributed by atoms with Crippen molar-refractivity contribution in [1.29, 1.82) is 0 Å². The third kappa shape index (κ3) is 1.41. The molecule has 0 aliphatic heterocycles. The van der Waals surface area contributed by atoms with Crippen molar-refractivity contribution in [1.82, 2.24) is 0 Å². The molecule has 3 heteroatoms. The molecule has 0 spiro atoms. The van der Waals surface area contributed by atoms with Crippen molar-refractivity contribution >= 4 is 22.3 Å². The van der Waals surface area contributed by atoms with Crippen LogP contribution in [-0.2, 0) is 16.1 Å². The van der Waals surface area contributed by atoms with E-state index in [1.807, 2.05) is 12.1 Å². The van der Waals surface area contributed by atoms with Gasteiger partial charge in [0.05, 0.1) is 5.69 Å². The summed E-state index contributed by atoms with van der Waals surface area (Å²) in [5.74, 6) is 0. The maximum absolute atomic E-state index is 9.91. The summed E-state index contributed by atoms with van der Waals surface area (Å²) in [6.07, 6.45) is 0. The lowest BCUT2D eigenvalue weighted by Gasteiger charge is -1.84. The molecule has 1 rings (SSSR count). The number of para-hydroxylation sites is 1. The Bertz CT molecular complexity index is 279. The number of hydrogen-bond acceptors (Lipinski definition) is 2. The van der Waals surface area contributed by atoms with E-state index in [0.29, 0.717) is 5.69 Å². The van der Waals surface area contributed by atoms with Gasteiger partial charge in [-0.2, -0.15) is 4.79 Å². The van der Waals surface area contributed by atoms with Gasteiger partial charge in [-0.1, -0.05) is 12.1 Å². The summed E-state index contributed by atoms with van der Waals surface area (Å²) in [6.45, 7) is 0. The Morgan fingerprint density at radius 1 is 1.40 bits per heavy atom. The predicted octanol–water partition coefficient (Wildman–Crippen LogP) is 0.778. The lowest BCUT2D eigenvalue weighted by atomic mass is 10.3. The molecule has 0 saturated heterocycles. The molecule has 1 aromatic rings. The maximum Gasteiger partial charge on any atom is 0.439 e. The first-order chi connectivity index (χ1) is 4.84.